The van der Waals surface area contributed by atoms with Crippen molar-refractivity contribution in [2.75, 3.05) is 26.9 Å². The van der Waals surface area contributed by atoms with Crippen molar-refractivity contribution in [3.8, 4) is 0 Å². The first-order valence-electron chi connectivity index (χ1n) is 10.7. The maximum atomic E-state index is 12.9. The third-order valence-electron chi connectivity index (χ3n) is 5.99. The van der Waals surface area contributed by atoms with Gasteiger partial charge in [-0.3, -0.25) is 9.69 Å². The number of aromatic nitrogens is 5. The first kappa shape index (κ1) is 21.6. The van der Waals surface area contributed by atoms with E-state index in [1.807, 2.05) is 13.0 Å². The van der Waals surface area contributed by atoms with Gasteiger partial charge in [-0.2, -0.15) is 0 Å². The third kappa shape index (κ3) is 5.00. The minimum atomic E-state index is -0.0579. The topological polar surface area (TPSA) is 98.2 Å². The summed E-state index contributed by atoms with van der Waals surface area (Å²) in [6.45, 7) is 7.75. The lowest BCUT2D eigenvalue weighted by molar-refractivity contribution is 0.0660. The highest BCUT2D eigenvalue weighted by Gasteiger charge is 2.22. The highest BCUT2D eigenvalue weighted by molar-refractivity contribution is 5.83. The highest BCUT2D eigenvalue weighted by Crippen LogP contribution is 2.20. The number of rotatable bonds is 9. The van der Waals surface area contributed by atoms with Gasteiger partial charge in [0, 0.05) is 32.4 Å². The molecule has 1 aliphatic heterocycles. The van der Waals surface area contributed by atoms with Crippen molar-refractivity contribution < 1.29 is 9.47 Å². The zero-order valence-electron chi connectivity index (χ0n) is 18.4. The Morgan fingerprint density at radius 3 is 2.97 bits per heavy atom. The van der Waals surface area contributed by atoms with Crippen LogP contribution < -0.4 is 5.56 Å². The molecular weight excluding hydrogens is 396 g/mol. The molecule has 166 valence electrons. The number of nitrogens with zero attached hydrogens (tertiary/aromatic N) is 5. The summed E-state index contributed by atoms with van der Waals surface area (Å²) in [7, 11) is 1.66. The Kier molecular flexibility index (Phi) is 6.74. The number of H-pyrrole nitrogens is 1. The number of tetrazole rings is 1. The first-order valence-corrected chi connectivity index (χ1v) is 10.7. The molecule has 0 spiro atoms. The monoisotopic (exact) mass is 426 g/mol. The van der Waals surface area contributed by atoms with E-state index in [1.165, 1.54) is 5.56 Å². The number of fused-ring (bicyclic) bond motifs is 1. The summed E-state index contributed by atoms with van der Waals surface area (Å²) in [5.41, 5.74) is 3.85. The second-order valence-electron chi connectivity index (χ2n) is 8.21. The number of nitrogens with one attached hydrogen (secondary N) is 1. The quantitative estimate of drug-likeness (QED) is 0.558. The van der Waals surface area contributed by atoms with Crippen LogP contribution in [0.3, 0.4) is 0 Å². The summed E-state index contributed by atoms with van der Waals surface area (Å²) in [5, 5.41) is 13.1. The van der Waals surface area contributed by atoms with E-state index in [-0.39, 0.29) is 11.7 Å². The smallest absolute Gasteiger partial charge is 0.252 e. The lowest BCUT2D eigenvalue weighted by Crippen LogP contribution is -2.34. The first-order chi connectivity index (χ1) is 15.0. The van der Waals surface area contributed by atoms with Crippen molar-refractivity contribution in [3.05, 3.63) is 51.1 Å². The fourth-order valence-corrected chi connectivity index (χ4v) is 4.08. The molecule has 1 aliphatic rings. The molecule has 9 heteroatoms. The zero-order chi connectivity index (χ0) is 21.8. The van der Waals surface area contributed by atoms with Crippen LogP contribution in [0.15, 0.2) is 23.0 Å². The average Bonchev–Trinajstić information content (AvgIpc) is 3.42. The van der Waals surface area contributed by atoms with Crippen LogP contribution in [0.4, 0.5) is 0 Å². The molecule has 0 radical (unpaired) electrons. The van der Waals surface area contributed by atoms with E-state index in [4.69, 9.17) is 9.47 Å². The normalized spacial score (nSPS) is 16.6. The SMILES string of the molecule is COCCn1nnnc1CN(Cc1cc2ccc(C)c(C)c2[nH]c1=O)C[C@H]1CCCO1. The Hall–Kier alpha value is -2.62. The molecule has 1 aromatic carbocycles. The van der Waals surface area contributed by atoms with Crippen LogP contribution in [0.25, 0.3) is 10.9 Å². The minimum absolute atomic E-state index is 0.0579. The van der Waals surface area contributed by atoms with Gasteiger partial charge in [-0.25, -0.2) is 4.68 Å². The van der Waals surface area contributed by atoms with Gasteiger partial charge < -0.3 is 14.5 Å². The number of aromatic amines is 1. The summed E-state index contributed by atoms with van der Waals surface area (Å²) in [6, 6.07) is 6.15. The maximum absolute atomic E-state index is 12.9. The second-order valence-corrected chi connectivity index (χ2v) is 8.21. The summed E-state index contributed by atoms with van der Waals surface area (Å²) < 4.78 is 12.8. The van der Waals surface area contributed by atoms with Gasteiger partial charge in [0.05, 0.1) is 31.3 Å². The molecule has 1 saturated heterocycles. The van der Waals surface area contributed by atoms with Gasteiger partial charge in [0.15, 0.2) is 5.82 Å². The Labute approximate surface area is 181 Å². The molecule has 0 saturated carbocycles. The van der Waals surface area contributed by atoms with Crippen molar-refractivity contribution in [2.24, 2.45) is 0 Å². The number of hydrogen-bond acceptors (Lipinski definition) is 7. The molecule has 0 unspecified atom stereocenters. The van der Waals surface area contributed by atoms with Crippen molar-refractivity contribution in [2.45, 2.75) is 52.4 Å². The van der Waals surface area contributed by atoms with Gasteiger partial charge >= 0.3 is 0 Å². The molecule has 1 N–H and O–H groups in total. The number of benzene rings is 1. The Balaban J connectivity index is 1.60. The van der Waals surface area contributed by atoms with Crippen LogP contribution in [0.1, 0.15) is 35.4 Å². The van der Waals surface area contributed by atoms with Crippen LogP contribution >= 0.6 is 0 Å². The summed E-state index contributed by atoms with van der Waals surface area (Å²) in [6.07, 6.45) is 2.25. The van der Waals surface area contributed by atoms with Crippen molar-refractivity contribution in [3.63, 3.8) is 0 Å². The molecule has 4 rings (SSSR count). The van der Waals surface area contributed by atoms with E-state index >= 15 is 0 Å². The van der Waals surface area contributed by atoms with Crippen LogP contribution in [-0.4, -0.2) is 63.1 Å². The molecule has 3 heterocycles. The number of methoxy groups -OCH3 is 1. The Bertz CT molecular complexity index is 1090. The van der Waals surface area contributed by atoms with Crippen LogP contribution in [-0.2, 0) is 29.1 Å². The summed E-state index contributed by atoms with van der Waals surface area (Å²) in [4.78, 5) is 18.2. The largest absolute Gasteiger partial charge is 0.383 e. The molecule has 31 heavy (non-hydrogen) atoms. The van der Waals surface area contributed by atoms with Crippen LogP contribution in [0.2, 0.25) is 0 Å². The fraction of sp³-hybridized carbons (Fsp3) is 0.545. The molecule has 0 aliphatic carbocycles. The van der Waals surface area contributed by atoms with E-state index in [9.17, 15) is 4.79 Å². The zero-order valence-corrected chi connectivity index (χ0v) is 18.4. The summed E-state index contributed by atoms with van der Waals surface area (Å²) >= 11 is 0. The molecular formula is C22H30N6O3. The lowest BCUT2D eigenvalue weighted by atomic mass is 10.0. The Morgan fingerprint density at radius 2 is 2.19 bits per heavy atom. The second kappa shape index (κ2) is 9.67. The molecule has 0 bridgehead atoms. The average molecular weight is 427 g/mol. The van der Waals surface area contributed by atoms with Gasteiger partial charge in [-0.15, -0.1) is 5.10 Å². The van der Waals surface area contributed by atoms with Crippen LogP contribution in [0, 0.1) is 13.8 Å². The van der Waals surface area contributed by atoms with E-state index in [2.05, 4.69) is 44.5 Å². The predicted octanol–water partition coefficient (Wildman–Crippen LogP) is 1.96. The summed E-state index contributed by atoms with van der Waals surface area (Å²) in [5.74, 6) is 0.749. The van der Waals surface area contributed by atoms with E-state index in [0.29, 0.717) is 26.2 Å². The number of pyridine rings is 1. The number of hydrogen-bond donors (Lipinski definition) is 1. The van der Waals surface area contributed by atoms with Gasteiger partial charge in [0.25, 0.3) is 5.56 Å². The Morgan fingerprint density at radius 1 is 1.32 bits per heavy atom. The van der Waals surface area contributed by atoms with Crippen molar-refractivity contribution in [1.82, 2.24) is 30.1 Å². The fourth-order valence-electron chi connectivity index (χ4n) is 4.08. The molecule has 3 aromatic rings. The van der Waals surface area contributed by atoms with E-state index in [0.717, 1.165) is 53.8 Å². The van der Waals surface area contributed by atoms with Crippen molar-refractivity contribution in [1.29, 1.82) is 0 Å². The molecule has 9 nitrogen and oxygen atoms in total. The van der Waals surface area contributed by atoms with E-state index in [1.54, 1.807) is 11.8 Å². The highest BCUT2D eigenvalue weighted by atomic mass is 16.5. The maximum Gasteiger partial charge on any atom is 0.252 e. The van der Waals surface area contributed by atoms with Crippen molar-refractivity contribution >= 4 is 10.9 Å². The third-order valence-corrected chi connectivity index (χ3v) is 5.99. The van der Waals surface area contributed by atoms with Gasteiger partial charge in [-0.05, 0) is 59.7 Å². The molecule has 1 fully saturated rings. The minimum Gasteiger partial charge on any atom is -0.383 e. The van der Waals surface area contributed by atoms with Gasteiger partial charge in [-0.1, -0.05) is 12.1 Å². The van der Waals surface area contributed by atoms with E-state index < -0.39 is 0 Å². The molecule has 1 atom stereocenters. The lowest BCUT2D eigenvalue weighted by Gasteiger charge is -2.24. The van der Waals surface area contributed by atoms with Gasteiger partial charge in [0.1, 0.15) is 0 Å². The molecule has 2 aromatic heterocycles. The standard InChI is InChI=1S/C22H30N6O3/c1-15-6-7-17-11-18(22(29)23-21(17)16(15)2)12-27(13-19-5-4-9-31-19)14-20-24-25-26-28(20)8-10-30-3/h6-7,11,19H,4-5,8-10,12-14H2,1-3H3,(H,23,29)/t19-/m1/s1. The number of aryl methyl sites for hydroxylation is 2. The predicted molar refractivity (Wildman–Crippen MR) is 117 cm³/mol. The number of ether oxygens (including phenoxy) is 2. The van der Waals surface area contributed by atoms with Gasteiger partial charge in [0.2, 0.25) is 0 Å². The molecule has 0 amide bonds. The van der Waals surface area contributed by atoms with Crippen LogP contribution in [0.5, 0.6) is 0 Å².